The Morgan fingerprint density at radius 3 is 2.41 bits per heavy atom. The Bertz CT molecular complexity index is 2730. The smallest absolute Gasteiger partial charge is 0.333 e. The summed E-state index contributed by atoms with van der Waals surface area (Å²) >= 11 is 0. The quantitative estimate of drug-likeness (QED) is 0.0286. The number of rotatable bonds is 24. The van der Waals surface area contributed by atoms with Crippen molar-refractivity contribution in [2.45, 2.75) is 115 Å². The highest BCUT2D eigenvalue weighted by molar-refractivity contribution is 7.84. The summed E-state index contributed by atoms with van der Waals surface area (Å²) in [6.07, 6.45) is 10.2. The van der Waals surface area contributed by atoms with E-state index in [4.69, 9.17) is 20.0 Å². The number of amides is 7. The van der Waals surface area contributed by atoms with Crippen LogP contribution in [0.3, 0.4) is 0 Å². The van der Waals surface area contributed by atoms with E-state index in [0.717, 1.165) is 34.3 Å². The average Bonchev–Trinajstić information content (AvgIpc) is 4.12. The van der Waals surface area contributed by atoms with E-state index >= 15 is 0 Å². The molecule has 1 saturated carbocycles. The zero-order valence-electron chi connectivity index (χ0n) is 39.9. The number of aliphatic hydroxyl groups is 1. The molecule has 10 N–H and O–H groups in total. The molecule has 2 aromatic heterocycles. The number of carbonyl (C=O) groups is 6. The molecule has 6 atom stereocenters. The summed E-state index contributed by atoms with van der Waals surface area (Å²) in [4.78, 5) is 81.6. The summed E-state index contributed by atoms with van der Waals surface area (Å²) < 4.78 is 32.1. The maximum Gasteiger partial charge on any atom is 0.333 e. The number of anilines is 2. The van der Waals surface area contributed by atoms with Crippen LogP contribution >= 0.6 is 0 Å². The van der Waals surface area contributed by atoms with Crippen LogP contribution in [0.2, 0.25) is 0 Å². The van der Waals surface area contributed by atoms with Crippen LogP contribution in [0.4, 0.5) is 16.3 Å². The molecule has 1 aliphatic heterocycles. The number of carbonyl (C=O) groups excluding carboxylic acids is 6. The monoisotopic (exact) mass is 998 g/mol. The van der Waals surface area contributed by atoms with E-state index in [1.165, 1.54) is 23.3 Å². The molecule has 0 saturated heterocycles. The molecule has 2 aromatic carbocycles. The van der Waals surface area contributed by atoms with Gasteiger partial charge in [0.15, 0.2) is 0 Å². The molecule has 21 nitrogen and oxygen atoms in total. The fraction of sp³-hybridized carbons (Fsp3) is 0.469. The zero-order valence-corrected chi connectivity index (χ0v) is 40.7. The summed E-state index contributed by atoms with van der Waals surface area (Å²) in [5, 5.41) is 31.6. The molecule has 7 rings (SSSR count). The fourth-order valence-electron chi connectivity index (χ4n) is 9.57. The Labute approximate surface area is 412 Å². The van der Waals surface area contributed by atoms with Gasteiger partial charge in [0.25, 0.3) is 11.8 Å². The highest BCUT2D eigenvalue weighted by Crippen LogP contribution is 2.39. The van der Waals surface area contributed by atoms with Gasteiger partial charge in [-0.05, 0) is 85.8 Å². The van der Waals surface area contributed by atoms with Crippen LogP contribution in [0.1, 0.15) is 100 Å². The topological polar surface area (TPSA) is 303 Å². The SMILES string of the molecule is CC(C)[C@@H](NC(=O)CCCCCN1C(=O)C=CC1=O)C(=O)N[C@H](CCCNC(N)=O)C(=O)Nc1ccc(C[n+]2cnc(N[C@H]3CCc4ccccc43)c3ccn([C@@H]4C[C@@H](COS(N)(=O)=O)[C@@H](O)C4)c32)cc1. The van der Waals surface area contributed by atoms with Crippen molar-refractivity contribution in [2.75, 3.05) is 30.3 Å². The summed E-state index contributed by atoms with van der Waals surface area (Å²) in [5.41, 5.74) is 9.93. The number of aromatic nitrogens is 3. The maximum atomic E-state index is 13.9. The lowest BCUT2D eigenvalue weighted by atomic mass is 10.0. The van der Waals surface area contributed by atoms with Crippen LogP contribution < -0.4 is 42.0 Å². The Hall–Kier alpha value is -6.75. The van der Waals surface area contributed by atoms with Crippen LogP contribution in [0, 0.1) is 11.8 Å². The van der Waals surface area contributed by atoms with E-state index < -0.39 is 52.3 Å². The number of aliphatic hydroxyl groups excluding tert-OH is 1. The first kappa shape index (κ1) is 52.1. The van der Waals surface area contributed by atoms with Crippen molar-refractivity contribution >= 4 is 68.4 Å². The van der Waals surface area contributed by atoms with E-state index in [9.17, 15) is 42.3 Å². The second-order valence-electron chi connectivity index (χ2n) is 18.8. The third kappa shape index (κ3) is 13.8. The van der Waals surface area contributed by atoms with Crippen LogP contribution in [-0.4, -0.2) is 101 Å². The Kier molecular flexibility index (Phi) is 17.2. The van der Waals surface area contributed by atoms with Gasteiger partial charge < -0.3 is 37.4 Å². The molecule has 71 heavy (non-hydrogen) atoms. The molecule has 1 fully saturated rings. The van der Waals surface area contributed by atoms with Crippen molar-refractivity contribution in [2.24, 2.45) is 22.7 Å². The summed E-state index contributed by atoms with van der Waals surface area (Å²) in [6.45, 7) is 4.10. The second-order valence-corrected chi connectivity index (χ2v) is 20.0. The van der Waals surface area contributed by atoms with Crippen LogP contribution in [0.15, 0.2) is 79.3 Å². The lowest BCUT2D eigenvalue weighted by Crippen LogP contribution is -2.54. The molecule has 3 aliphatic rings. The number of unbranched alkanes of at least 4 members (excludes halogenated alkanes) is 2. The third-order valence-electron chi connectivity index (χ3n) is 13.3. The molecular formula is C49H64N11O10S+. The Morgan fingerprint density at radius 2 is 1.69 bits per heavy atom. The number of hydrogen-bond donors (Lipinski definition) is 8. The molecule has 4 aromatic rings. The highest BCUT2D eigenvalue weighted by Gasteiger charge is 2.38. The second kappa shape index (κ2) is 23.4. The molecule has 0 spiro atoms. The van der Waals surface area contributed by atoms with E-state index in [2.05, 4.69) is 43.3 Å². The predicted molar refractivity (Wildman–Crippen MR) is 262 cm³/mol. The number of fused-ring (bicyclic) bond motifs is 2. The Morgan fingerprint density at radius 1 is 0.944 bits per heavy atom. The van der Waals surface area contributed by atoms with Gasteiger partial charge in [-0.15, -0.1) is 0 Å². The number of nitrogens with one attached hydrogen (secondary N) is 5. The van der Waals surface area contributed by atoms with Crippen LogP contribution in [-0.2, 0) is 51.4 Å². The van der Waals surface area contributed by atoms with Gasteiger partial charge in [-0.1, -0.05) is 61.7 Å². The standard InChI is InChI=1S/C49H63N11O10S/c1-30(2)44(57-41(62)12-4-3-7-23-60-42(63)19-20-43(60)64)47(66)56-39(11-8-22-52-49(50)67)46(65)54-34-16-13-31(14-17-34)27-58-29-53-45(55-38-18-15-32-9-5-6-10-36(32)38)37-21-24-59(48(37)58)35-25-33(40(61)26-35)28-70-71(51,68)69/h5-6,9-10,13-14,16-17,19-21,24,29-30,33,35,38-40,44,61H,3-4,7-8,11-12,15,18,22-23,25-28H2,1-2H3,(H8,50,51,52,54,56,57,62,65,66,67,68,69)/p+1/t33-,35+,38-,39+,40-,44+/m0/s1. The minimum absolute atomic E-state index is 0.0643. The van der Waals surface area contributed by atoms with Gasteiger partial charge in [-0.25, -0.2) is 14.5 Å². The number of aryl methyl sites for hydroxylation is 1. The van der Waals surface area contributed by atoms with Gasteiger partial charge in [0.05, 0.1) is 37.5 Å². The minimum atomic E-state index is -4.19. The maximum absolute atomic E-state index is 13.9. The number of hydrogen-bond acceptors (Lipinski definition) is 12. The van der Waals surface area contributed by atoms with Crippen molar-refractivity contribution < 1.29 is 51.0 Å². The van der Waals surface area contributed by atoms with E-state index in [1.807, 2.05) is 41.1 Å². The first-order chi connectivity index (χ1) is 33.9. The lowest BCUT2D eigenvalue weighted by Gasteiger charge is -2.25. The van der Waals surface area contributed by atoms with E-state index in [-0.39, 0.29) is 68.3 Å². The number of nitrogens with zero attached hydrogens (tertiary/aromatic N) is 4. The van der Waals surface area contributed by atoms with Gasteiger partial charge in [-0.2, -0.15) is 8.42 Å². The molecule has 22 heteroatoms. The first-order valence-electron chi connectivity index (χ1n) is 24.1. The van der Waals surface area contributed by atoms with Gasteiger partial charge >= 0.3 is 16.3 Å². The van der Waals surface area contributed by atoms with Crippen molar-refractivity contribution in [3.05, 3.63) is 96.0 Å². The van der Waals surface area contributed by atoms with Crippen molar-refractivity contribution in [3.63, 3.8) is 0 Å². The summed E-state index contributed by atoms with van der Waals surface area (Å²) in [7, 11) is -4.19. The van der Waals surface area contributed by atoms with Crippen LogP contribution in [0.25, 0.3) is 11.0 Å². The molecule has 2 aliphatic carbocycles. The third-order valence-corrected chi connectivity index (χ3v) is 13.7. The van der Waals surface area contributed by atoms with Crippen molar-refractivity contribution in [3.8, 4) is 0 Å². The molecule has 0 radical (unpaired) electrons. The molecular weight excluding hydrogens is 935 g/mol. The average molecular weight is 999 g/mol. The number of nitrogens with two attached hydrogens (primary N) is 2. The summed E-state index contributed by atoms with van der Waals surface area (Å²) in [6, 6.07) is 14.7. The summed E-state index contributed by atoms with van der Waals surface area (Å²) in [5.74, 6) is -2.23. The normalized spacial score (nSPS) is 19.5. The fourth-order valence-corrected chi connectivity index (χ4v) is 9.93. The van der Waals surface area contributed by atoms with Gasteiger partial charge in [0, 0.05) is 49.7 Å². The number of benzene rings is 2. The number of urea groups is 1. The largest absolute Gasteiger partial charge is 0.393 e. The molecule has 0 unspecified atom stereocenters. The van der Waals surface area contributed by atoms with Crippen LogP contribution in [0.5, 0.6) is 0 Å². The zero-order chi connectivity index (χ0) is 50.8. The van der Waals surface area contributed by atoms with Crippen molar-refractivity contribution in [1.29, 1.82) is 0 Å². The molecule has 380 valence electrons. The predicted octanol–water partition coefficient (Wildman–Crippen LogP) is 2.50. The number of primary amides is 1. The molecule has 7 amide bonds. The molecule has 0 bridgehead atoms. The van der Waals surface area contributed by atoms with Crippen molar-refractivity contribution in [1.82, 2.24) is 30.4 Å². The van der Waals surface area contributed by atoms with Gasteiger partial charge in [-0.3, -0.25) is 37.6 Å². The minimum Gasteiger partial charge on any atom is -0.393 e. The first-order valence-corrected chi connectivity index (χ1v) is 25.6. The highest BCUT2D eigenvalue weighted by atomic mass is 32.2. The van der Waals surface area contributed by atoms with E-state index in [0.29, 0.717) is 56.6 Å². The number of imide groups is 1. The Balaban J connectivity index is 1.02. The molecule has 3 heterocycles. The lowest BCUT2D eigenvalue weighted by molar-refractivity contribution is -0.668. The van der Waals surface area contributed by atoms with Gasteiger partial charge in [0.2, 0.25) is 35.5 Å². The van der Waals surface area contributed by atoms with Gasteiger partial charge in [0.1, 0.15) is 17.5 Å². The van der Waals surface area contributed by atoms with E-state index in [1.54, 1.807) is 32.3 Å².